The van der Waals surface area contributed by atoms with Gasteiger partial charge in [0.05, 0.1) is 18.8 Å². The van der Waals surface area contributed by atoms with Crippen LogP contribution in [0.3, 0.4) is 0 Å². The van der Waals surface area contributed by atoms with Crippen LogP contribution in [0.1, 0.15) is 61.6 Å². The van der Waals surface area contributed by atoms with Crippen molar-refractivity contribution in [1.29, 1.82) is 0 Å². The van der Waals surface area contributed by atoms with Crippen LogP contribution in [0.5, 0.6) is 5.75 Å². The molecule has 1 aromatic carbocycles. The van der Waals surface area contributed by atoms with E-state index in [9.17, 15) is 0 Å². The molecule has 2 aromatic heterocycles. The van der Waals surface area contributed by atoms with Crippen molar-refractivity contribution in [2.24, 2.45) is 0 Å². The fourth-order valence-electron chi connectivity index (χ4n) is 5.04. The second kappa shape index (κ2) is 8.71. The Labute approximate surface area is 189 Å². The molecule has 0 amide bonds. The Hall–Kier alpha value is -2.86. The van der Waals surface area contributed by atoms with E-state index in [4.69, 9.17) is 17.0 Å². The molecule has 1 aliphatic heterocycles. The second-order valence-corrected chi connectivity index (χ2v) is 8.72. The second-order valence-electron chi connectivity index (χ2n) is 8.33. The summed E-state index contributed by atoms with van der Waals surface area (Å²) < 4.78 is 7.99. The van der Waals surface area contributed by atoms with Gasteiger partial charge in [0.15, 0.2) is 5.11 Å². The van der Waals surface area contributed by atoms with Gasteiger partial charge in [0.1, 0.15) is 11.8 Å². The van der Waals surface area contributed by atoms with Crippen molar-refractivity contribution in [2.45, 2.75) is 50.2 Å². The number of nitrogens with zero attached hydrogens (tertiary/aromatic N) is 3. The summed E-state index contributed by atoms with van der Waals surface area (Å²) in [4.78, 5) is 6.90. The number of aromatic nitrogens is 2. The fraction of sp³-hybridized carbons (Fsp3) is 0.360. The monoisotopic (exact) mass is 432 g/mol. The van der Waals surface area contributed by atoms with Gasteiger partial charge in [0, 0.05) is 35.9 Å². The lowest BCUT2D eigenvalue weighted by Gasteiger charge is -2.32. The molecule has 1 saturated carbocycles. The summed E-state index contributed by atoms with van der Waals surface area (Å²) in [5.41, 5.74) is 3.30. The molecule has 0 bridgehead atoms. The van der Waals surface area contributed by atoms with Crippen LogP contribution in [0.25, 0.3) is 0 Å². The molecule has 2 aliphatic rings. The minimum Gasteiger partial charge on any atom is -0.497 e. The molecule has 6 heteroatoms. The zero-order valence-electron chi connectivity index (χ0n) is 17.8. The third-order valence-corrected chi connectivity index (χ3v) is 6.83. The lowest BCUT2D eigenvalue weighted by atomic mass is 9.94. The van der Waals surface area contributed by atoms with Crippen molar-refractivity contribution in [3.05, 3.63) is 78.4 Å². The fourth-order valence-corrected chi connectivity index (χ4v) is 5.39. The topological polar surface area (TPSA) is 42.3 Å². The van der Waals surface area contributed by atoms with E-state index in [1.165, 1.54) is 37.8 Å². The van der Waals surface area contributed by atoms with Gasteiger partial charge in [-0.2, -0.15) is 0 Å². The molecule has 3 aromatic rings. The summed E-state index contributed by atoms with van der Waals surface area (Å²) in [5.74, 6) is 0.822. The molecule has 1 N–H and O–H groups in total. The predicted molar refractivity (Wildman–Crippen MR) is 127 cm³/mol. The highest BCUT2D eigenvalue weighted by Crippen LogP contribution is 2.43. The van der Waals surface area contributed by atoms with Crippen LogP contribution >= 0.6 is 12.2 Å². The van der Waals surface area contributed by atoms with E-state index in [1.807, 2.05) is 30.5 Å². The molecule has 5 nitrogen and oxygen atoms in total. The molecule has 0 radical (unpaired) electrons. The highest BCUT2D eigenvalue weighted by atomic mass is 32.1. The molecule has 0 spiro atoms. The Bertz CT molecular complexity index is 1040. The van der Waals surface area contributed by atoms with Crippen molar-refractivity contribution in [3.63, 3.8) is 0 Å². The molecular formula is C25H28N4OS. The number of methoxy groups -OCH3 is 1. The van der Waals surface area contributed by atoms with Crippen molar-refractivity contribution in [2.75, 3.05) is 12.0 Å². The average molecular weight is 433 g/mol. The molecule has 1 aliphatic carbocycles. The number of rotatable bonds is 5. The first-order valence-electron chi connectivity index (χ1n) is 11.1. The Morgan fingerprint density at radius 1 is 1.03 bits per heavy atom. The molecule has 1 saturated heterocycles. The van der Waals surface area contributed by atoms with Crippen molar-refractivity contribution < 1.29 is 4.74 Å². The van der Waals surface area contributed by atoms with Gasteiger partial charge in [0.25, 0.3) is 0 Å². The predicted octanol–water partition coefficient (Wildman–Crippen LogP) is 5.57. The smallest absolute Gasteiger partial charge is 0.174 e. The van der Waals surface area contributed by atoms with E-state index in [-0.39, 0.29) is 12.1 Å². The SMILES string of the molecule is COc1cccc(N2C(=S)N[C@@H](c3ccccn3)[C@@H]2c2cccn2C2CCCCC2)c1. The third kappa shape index (κ3) is 3.81. The quantitative estimate of drug-likeness (QED) is 0.534. The lowest BCUT2D eigenvalue weighted by molar-refractivity contribution is 0.340. The van der Waals surface area contributed by atoms with Crippen LogP contribution in [0.4, 0.5) is 5.69 Å². The van der Waals surface area contributed by atoms with E-state index in [0.29, 0.717) is 11.2 Å². The minimum absolute atomic E-state index is 0.00596. The molecule has 160 valence electrons. The molecule has 3 heterocycles. The first-order chi connectivity index (χ1) is 15.3. The Balaban J connectivity index is 1.61. The summed E-state index contributed by atoms with van der Waals surface area (Å²) in [6.45, 7) is 0. The van der Waals surface area contributed by atoms with Crippen molar-refractivity contribution >= 4 is 23.0 Å². The molecular weight excluding hydrogens is 404 g/mol. The van der Waals surface area contributed by atoms with Gasteiger partial charge in [0.2, 0.25) is 0 Å². The van der Waals surface area contributed by atoms with E-state index in [0.717, 1.165) is 17.1 Å². The number of hydrogen-bond donors (Lipinski definition) is 1. The number of anilines is 1. The first-order valence-corrected chi connectivity index (χ1v) is 11.5. The summed E-state index contributed by atoms with van der Waals surface area (Å²) in [6, 6.07) is 19.1. The van der Waals surface area contributed by atoms with Crippen LogP contribution in [0, 0.1) is 0 Å². The molecule has 2 atom stereocenters. The molecule has 31 heavy (non-hydrogen) atoms. The number of hydrogen-bond acceptors (Lipinski definition) is 3. The minimum atomic E-state index is -0.0304. The molecule has 0 unspecified atom stereocenters. The van der Waals surface area contributed by atoms with Crippen LogP contribution in [-0.4, -0.2) is 21.8 Å². The number of ether oxygens (including phenoxy) is 1. The van der Waals surface area contributed by atoms with Gasteiger partial charge in [-0.05, 0) is 61.5 Å². The average Bonchev–Trinajstić information content (AvgIpc) is 3.44. The van der Waals surface area contributed by atoms with E-state index < -0.39 is 0 Å². The maximum absolute atomic E-state index is 5.87. The van der Waals surface area contributed by atoms with E-state index in [1.54, 1.807) is 7.11 Å². The summed E-state index contributed by atoms with van der Waals surface area (Å²) in [5, 5.41) is 4.28. The van der Waals surface area contributed by atoms with E-state index >= 15 is 0 Å². The van der Waals surface area contributed by atoms with Gasteiger partial charge in [-0.25, -0.2) is 0 Å². The number of nitrogens with one attached hydrogen (secondary N) is 1. The van der Waals surface area contributed by atoms with Gasteiger partial charge in [-0.15, -0.1) is 0 Å². The van der Waals surface area contributed by atoms with Gasteiger partial charge in [-0.1, -0.05) is 31.4 Å². The normalized spacial score (nSPS) is 21.8. The standard InChI is InChI=1S/C25H28N4OS/c1-30-20-12-7-11-19(17-20)29-24(23(27-25(29)31)21-13-5-6-15-26-21)22-14-8-16-28(22)18-9-3-2-4-10-18/h5-8,11-18,23-24H,2-4,9-10H2,1H3,(H,27,31)/t23-,24-/m0/s1. The molecule has 2 fully saturated rings. The maximum Gasteiger partial charge on any atom is 0.174 e. The third-order valence-electron chi connectivity index (χ3n) is 6.51. The largest absolute Gasteiger partial charge is 0.497 e. The Kier molecular flexibility index (Phi) is 5.64. The van der Waals surface area contributed by atoms with Gasteiger partial charge < -0.3 is 19.5 Å². The zero-order chi connectivity index (χ0) is 21.2. The van der Waals surface area contributed by atoms with Crippen LogP contribution in [-0.2, 0) is 0 Å². The van der Waals surface area contributed by atoms with Gasteiger partial charge >= 0.3 is 0 Å². The molecule has 5 rings (SSSR count). The van der Waals surface area contributed by atoms with Crippen molar-refractivity contribution in [1.82, 2.24) is 14.9 Å². The van der Waals surface area contributed by atoms with Crippen LogP contribution < -0.4 is 15.0 Å². The van der Waals surface area contributed by atoms with Crippen molar-refractivity contribution in [3.8, 4) is 5.75 Å². The first kappa shape index (κ1) is 20.1. The van der Waals surface area contributed by atoms with Crippen LogP contribution in [0.2, 0.25) is 0 Å². The summed E-state index contributed by atoms with van der Waals surface area (Å²) >= 11 is 5.87. The number of thiocarbonyl (C=S) groups is 1. The van der Waals surface area contributed by atoms with Crippen LogP contribution in [0.15, 0.2) is 67.0 Å². The Morgan fingerprint density at radius 3 is 2.68 bits per heavy atom. The summed E-state index contributed by atoms with van der Waals surface area (Å²) in [6.07, 6.45) is 10.5. The van der Waals surface area contributed by atoms with E-state index in [2.05, 4.69) is 56.3 Å². The lowest BCUT2D eigenvalue weighted by Crippen LogP contribution is -2.31. The maximum atomic E-state index is 5.87. The number of pyridine rings is 1. The zero-order valence-corrected chi connectivity index (χ0v) is 18.6. The highest BCUT2D eigenvalue weighted by Gasteiger charge is 2.42. The highest BCUT2D eigenvalue weighted by molar-refractivity contribution is 7.80. The Morgan fingerprint density at radius 2 is 1.90 bits per heavy atom. The summed E-state index contributed by atoms with van der Waals surface area (Å²) in [7, 11) is 1.70. The number of benzene rings is 1. The van der Waals surface area contributed by atoms with Gasteiger partial charge in [-0.3, -0.25) is 4.98 Å².